The van der Waals surface area contributed by atoms with Gasteiger partial charge in [-0.05, 0) is 36.2 Å². The number of benzene rings is 2. The number of morpholine rings is 1. The van der Waals surface area contributed by atoms with Crippen LogP contribution in [0.25, 0.3) is 10.8 Å². The molecule has 2 aromatic rings. The first-order valence-electron chi connectivity index (χ1n) is 7.84. The molecule has 2 heterocycles. The first kappa shape index (κ1) is 15.9. The molecule has 0 amide bonds. The second kappa shape index (κ2) is 6.28. The van der Waals surface area contributed by atoms with Gasteiger partial charge in [-0.25, -0.2) is 0 Å². The van der Waals surface area contributed by atoms with E-state index in [0.717, 1.165) is 17.5 Å². The summed E-state index contributed by atoms with van der Waals surface area (Å²) in [6.45, 7) is 2.28. The van der Waals surface area contributed by atoms with Crippen molar-refractivity contribution in [2.24, 2.45) is 0 Å². The molecule has 22 heavy (non-hydrogen) atoms. The Morgan fingerprint density at radius 2 is 1.91 bits per heavy atom. The van der Waals surface area contributed by atoms with Gasteiger partial charge >= 0.3 is 0 Å². The summed E-state index contributed by atoms with van der Waals surface area (Å²) in [5, 5.41) is 13.3. The van der Waals surface area contributed by atoms with Crippen molar-refractivity contribution in [3.8, 4) is 0 Å². The molecule has 2 atom stereocenters. The van der Waals surface area contributed by atoms with Gasteiger partial charge in [0.1, 0.15) is 0 Å². The van der Waals surface area contributed by atoms with Gasteiger partial charge in [-0.2, -0.15) is 0 Å². The topological polar surface area (TPSA) is 32.7 Å². The molecule has 2 fully saturated rings. The molecule has 0 radical (unpaired) electrons. The van der Waals surface area contributed by atoms with Crippen molar-refractivity contribution < 1.29 is 9.84 Å². The third-order valence-electron chi connectivity index (χ3n) is 4.88. The van der Waals surface area contributed by atoms with Gasteiger partial charge in [0, 0.05) is 11.6 Å². The summed E-state index contributed by atoms with van der Waals surface area (Å²) in [4.78, 5) is 2.39. The molecule has 118 valence electrons. The highest BCUT2D eigenvalue weighted by atomic mass is 79.9. The van der Waals surface area contributed by atoms with E-state index in [1.807, 2.05) is 18.2 Å². The maximum Gasteiger partial charge on any atom is 0.205 e. The molecular formula is C18H22BrNO2. The number of nitrogens with zero attached hydrogens (tertiary/aromatic N) is 1. The van der Waals surface area contributed by atoms with Crippen LogP contribution in [0.1, 0.15) is 24.8 Å². The summed E-state index contributed by atoms with van der Waals surface area (Å²) in [6.07, 6.45) is 3.69. The third kappa shape index (κ3) is 2.81. The predicted molar refractivity (Wildman–Crippen MR) is 93.3 cm³/mol. The molecule has 2 aliphatic heterocycles. The van der Waals surface area contributed by atoms with Gasteiger partial charge < -0.3 is 9.84 Å². The quantitative estimate of drug-likeness (QED) is 0.842. The predicted octanol–water partition coefficient (Wildman–Crippen LogP) is 3.45. The molecule has 0 aromatic heterocycles. The molecule has 3 nitrogen and oxygen atoms in total. The van der Waals surface area contributed by atoms with Crippen molar-refractivity contribution in [3.05, 3.63) is 48.0 Å². The highest BCUT2D eigenvalue weighted by molar-refractivity contribution is 8.93. The highest BCUT2D eigenvalue weighted by Crippen LogP contribution is 2.33. The molecule has 4 rings (SSSR count). The van der Waals surface area contributed by atoms with Crippen LogP contribution in [-0.2, 0) is 10.5 Å². The van der Waals surface area contributed by atoms with Crippen molar-refractivity contribution in [1.82, 2.24) is 4.90 Å². The zero-order valence-corrected chi connectivity index (χ0v) is 14.3. The van der Waals surface area contributed by atoms with E-state index in [0.29, 0.717) is 19.2 Å². The SMILES string of the molecule is Br.OC1(c2ccc3ccccc3c2)CN2CCCCC2CO1. The standard InChI is InChI=1S/C18H21NO2.BrH/c20-18(13-19-10-4-3-7-17(19)12-21-18)16-9-8-14-5-1-2-6-15(14)11-16;/h1-2,5-6,8-9,11,17,20H,3-4,7,10,12-13H2;1H. The number of ether oxygens (including phenoxy) is 1. The van der Waals surface area contributed by atoms with Crippen LogP contribution < -0.4 is 0 Å². The van der Waals surface area contributed by atoms with E-state index in [1.54, 1.807) is 0 Å². The Balaban J connectivity index is 0.00000144. The maximum atomic E-state index is 11.0. The maximum absolute atomic E-state index is 11.0. The monoisotopic (exact) mass is 363 g/mol. The highest BCUT2D eigenvalue weighted by Gasteiger charge is 2.41. The van der Waals surface area contributed by atoms with Crippen molar-refractivity contribution in [2.75, 3.05) is 19.7 Å². The van der Waals surface area contributed by atoms with Gasteiger partial charge in [0.25, 0.3) is 0 Å². The van der Waals surface area contributed by atoms with Crippen LogP contribution in [0.4, 0.5) is 0 Å². The van der Waals surface area contributed by atoms with Gasteiger partial charge in [-0.1, -0.05) is 42.8 Å². The normalized spacial score (nSPS) is 28.9. The van der Waals surface area contributed by atoms with E-state index in [9.17, 15) is 5.11 Å². The summed E-state index contributed by atoms with van der Waals surface area (Å²) in [5.41, 5.74) is 0.866. The molecule has 0 bridgehead atoms. The average molecular weight is 364 g/mol. The van der Waals surface area contributed by atoms with E-state index in [2.05, 4.69) is 29.2 Å². The molecule has 0 saturated carbocycles. The number of halogens is 1. The minimum Gasteiger partial charge on any atom is -0.361 e. The first-order valence-corrected chi connectivity index (χ1v) is 7.84. The summed E-state index contributed by atoms with van der Waals surface area (Å²) in [6, 6.07) is 14.8. The van der Waals surface area contributed by atoms with Crippen LogP contribution in [0.2, 0.25) is 0 Å². The number of fused-ring (bicyclic) bond motifs is 2. The lowest BCUT2D eigenvalue weighted by molar-refractivity contribution is -0.264. The summed E-state index contributed by atoms with van der Waals surface area (Å²) < 4.78 is 5.88. The van der Waals surface area contributed by atoms with Crippen molar-refractivity contribution in [3.63, 3.8) is 0 Å². The fraction of sp³-hybridized carbons (Fsp3) is 0.444. The fourth-order valence-electron chi connectivity index (χ4n) is 3.62. The molecule has 2 aliphatic rings. The Labute approximate surface area is 141 Å². The van der Waals surface area contributed by atoms with E-state index in [4.69, 9.17) is 4.74 Å². The van der Waals surface area contributed by atoms with Gasteiger partial charge in [-0.15, -0.1) is 17.0 Å². The first-order chi connectivity index (χ1) is 10.2. The summed E-state index contributed by atoms with van der Waals surface area (Å²) >= 11 is 0. The number of piperidine rings is 1. The van der Waals surface area contributed by atoms with Crippen LogP contribution >= 0.6 is 17.0 Å². The fourth-order valence-corrected chi connectivity index (χ4v) is 3.62. The Morgan fingerprint density at radius 1 is 1.09 bits per heavy atom. The molecule has 2 aromatic carbocycles. The second-order valence-corrected chi connectivity index (χ2v) is 6.28. The molecule has 0 aliphatic carbocycles. The Morgan fingerprint density at radius 3 is 2.77 bits per heavy atom. The largest absolute Gasteiger partial charge is 0.361 e. The number of hydrogen-bond acceptors (Lipinski definition) is 3. The molecule has 1 N–H and O–H groups in total. The number of aliphatic hydroxyl groups is 1. The van der Waals surface area contributed by atoms with Crippen molar-refractivity contribution in [1.29, 1.82) is 0 Å². The Bertz CT molecular complexity index is 662. The van der Waals surface area contributed by atoms with Gasteiger partial charge in [-0.3, -0.25) is 4.90 Å². The minimum absolute atomic E-state index is 0. The van der Waals surface area contributed by atoms with Crippen LogP contribution in [0.3, 0.4) is 0 Å². The number of hydrogen-bond donors (Lipinski definition) is 1. The zero-order chi connectivity index (χ0) is 14.3. The van der Waals surface area contributed by atoms with E-state index in [-0.39, 0.29) is 17.0 Å². The molecule has 4 heteroatoms. The van der Waals surface area contributed by atoms with Gasteiger partial charge in [0.2, 0.25) is 5.79 Å². The zero-order valence-electron chi connectivity index (χ0n) is 12.6. The van der Waals surface area contributed by atoms with Crippen LogP contribution in [-0.4, -0.2) is 35.7 Å². The average Bonchev–Trinajstić information content (AvgIpc) is 2.54. The minimum atomic E-state index is -1.17. The number of rotatable bonds is 1. The Hall–Kier alpha value is -0.940. The van der Waals surface area contributed by atoms with E-state index in [1.165, 1.54) is 24.6 Å². The molecule has 2 unspecified atom stereocenters. The molecule has 0 spiro atoms. The molecule has 2 saturated heterocycles. The summed E-state index contributed by atoms with van der Waals surface area (Å²) in [5.74, 6) is -1.17. The van der Waals surface area contributed by atoms with E-state index < -0.39 is 5.79 Å². The van der Waals surface area contributed by atoms with Crippen molar-refractivity contribution in [2.45, 2.75) is 31.1 Å². The lowest BCUT2D eigenvalue weighted by atomic mass is 9.95. The van der Waals surface area contributed by atoms with Crippen LogP contribution in [0.15, 0.2) is 42.5 Å². The Kier molecular flexibility index (Phi) is 4.55. The lowest BCUT2D eigenvalue weighted by Crippen LogP contribution is -2.56. The van der Waals surface area contributed by atoms with Crippen molar-refractivity contribution >= 4 is 27.8 Å². The van der Waals surface area contributed by atoms with Gasteiger partial charge in [0.05, 0.1) is 13.2 Å². The summed E-state index contributed by atoms with van der Waals surface area (Å²) in [7, 11) is 0. The second-order valence-electron chi connectivity index (χ2n) is 6.28. The smallest absolute Gasteiger partial charge is 0.205 e. The third-order valence-corrected chi connectivity index (χ3v) is 4.88. The van der Waals surface area contributed by atoms with E-state index >= 15 is 0 Å². The van der Waals surface area contributed by atoms with Gasteiger partial charge in [0.15, 0.2) is 0 Å². The molecular weight excluding hydrogens is 342 g/mol. The lowest BCUT2D eigenvalue weighted by Gasteiger charge is -2.46. The van der Waals surface area contributed by atoms with Crippen LogP contribution in [0, 0.1) is 0 Å². The van der Waals surface area contributed by atoms with Crippen LogP contribution in [0.5, 0.6) is 0 Å².